The third-order valence-electron chi connectivity index (χ3n) is 5.25. The zero-order chi connectivity index (χ0) is 25.3. The molecule has 1 fully saturated rings. The van der Waals surface area contributed by atoms with Crippen LogP contribution in [0.5, 0.6) is 11.5 Å². The van der Waals surface area contributed by atoms with Gasteiger partial charge in [-0.15, -0.1) is 0 Å². The fourth-order valence-electron chi connectivity index (χ4n) is 3.58. The van der Waals surface area contributed by atoms with E-state index in [0.717, 1.165) is 16.8 Å². The first kappa shape index (κ1) is 25.1. The van der Waals surface area contributed by atoms with Crippen molar-refractivity contribution in [2.24, 2.45) is 4.99 Å². The molecule has 0 saturated carbocycles. The molecule has 0 radical (unpaired) electrons. The Kier molecular flexibility index (Phi) is 8.41. The molecule has 1 aliphatic rings. The van der Waals surface area contributed by atoms with Crippen molar-refractivity contribution in [1.82, 2.24) is 4.90 Å². The highest BCUT2D eigenvalue weighted by atomic mass is 32.2. The maximum Gasteiger partial charge on any atom is 0.341 e. The summed E-state index contributed by atoms with van der Waals surface area (Å²) in [7, 11) is 0. The number of ether oxygens (including phenoxy) is 2. The van der Waals surface area contributed by atoms with Crippen molar-refractivity contribution in [2.45, 2.75) is 13.3 Å². The molecule has 0 unspecified atom stereocenters. The molecule has 0 aromatic heterocycles. The van der Waals surface area contributed by atoms with Gasteiger partial charge >= 0.3 is 5.97 Å². The lowest BCUT2D eigenvalue weighted by Gasteiger charge is -2.15. The Hall–Kier alpha value is -4.04. The number of hydrogen-bond donors (Lipinski definition) is 1. The summed E-state index contributed by atoms with van der Waals surface area (Å²) in [6, 6.07) is 24.7. The minimum atomic E-state index is -1.07. The van der Waals surface area contributed by atoms with Gasteiger partial charge in [0.1, 0.15) is 0 Å². The van der Waals surface area contributed by atoms with Crippen molar-refractivity contribution in [3.8, 4) is 11.5 Å². The van der Waals surface area contributed by atoms with Crippen molar-refractivity contribution >= 4 is 40.6 Å². The molecule has 0 aliphatic carbocycles. The van der Waals surface area contributed by atoms with Crippen LogP contribution in [0.2, 0.25) is 0 Å². The van der Waals surface area contributed by atoms with Gasteiger partial charge in [0, 0.05) is 6.54 Å². The highest BCUT2D eigenvalue weighted by Crippen LogP contribution is 2.36. The number of nitrogens with zero attached hydrogens (tertiary/aromatic N) is 2. The third-order valence-corrected chi connectivity index (χ3v) is 6.26. The number of thioether (sulfide) groups is 1. The lowest BCUT2D eigenvalue weighted by atomic mass is 10.1. The molecule has 7 nitrogen and oxygen atoms in total. The van der Waals surface area contributed by atoms with Gasteiger partial charge in [-0.1, -0.05) is 54.6 Å². The smallest absolute Gasteiger partial charge is 0.341 e. The summed E-state index contributed by atoms with van der Waals surface area (Å²) in [6.45, 7) is 2.26. The monoisotopic (exact) mass is 502 g/mol. The fraction of sp³-hybridized carbons (Fsp3) is 0.179. The van der Waals surface area contributed by atoms with Crippen LogP contribution in [-0.4, -0.2) is 46.8 Å². The van der Waals surface area contributed by atoms with Crippen molar-refractivity contribution < 1.29 is 24.2 Å². The first-order chi connectivity index (χ1) is 17.5. The fourth-order valence-corrected chi connectivity index (χ4v) is 4.60. The minimum absolute atomic E-state index is 0.116. The molecule has 1 aliphatic heterocycles. The zero-order valence-electron chi connectivity index (χ0n) is 19.8. The number of benzene rings is 3. The third kappa shape index (κ3) is 6.55. The van der Waals surface area contributed by atoms with Gasteiger partial charge in [0.05, 0.1) is 17.2 Å². The maximum atomic E-state index is 13.4. The van der Waals surface area contributed by atoms with Crippen LogP contribution in [0.3, 0.4) is 0 Å². The van der Waals surface area contributed by atoms with Gasteiger partial charge in [-0.2, -0.15) is 0 Å². The number of carbonyl (C=O) groups is 2. The Bertz CT molecular complexity index is 1280. The van der Waals surface area contributed by atoms with Gasteiger partial charge in [0.15, 0.2) is 23.3 Å². The van der Waals surface area contributed by atoms with Crippen molar-refractivity contribution in [1.29, 1.82) is 0 Å². The van der Waals surface area contributed by atoms with Gasteiger partial charge in [-0.3, -0.25) is 9.69 Å². The number of carboxylic acid groups (broad SMARTS) is 1. The van der Waals surface area contributed by atoms with Gasteiger partial charge < -0.3 is 14.6 Å². The molecule has 0 spiro atoms. The quantitative estimate of drug-likeness (QED) is 0.374. The standard InChI is InChI=1S/C28H26N2O5S/c1-2-34-24-17-21(13-14-23(24)35-19-26(31)32)18-25-27(33)30(16-15-20-9-5-3-6-10-20)28(36-25)29-22-11-7-4-8-12-22/h3-14,17-18H,2,15-16,19H2,1H3,(H,31,32)/b25-18+,29-28?. The second-order valence-electron chi connectivity index (χ2n) is 7.85. The molecule has 0 bridgehead atoms. The van der Waals surface area contributed by atoms with Crippen LogP contribution in [0.4, 0.5) is 5.69 Å². The first-order valence-corrected chi connectivity index (χ1v) is 12.4. The molecule has 4 rings (SSSR count). The molecule has 1 heterocycles. The molecule has 0 atom stereocenters. The van der Waals surface area contributed by atoms with E-state index in [2.05, 4.69) is 0 Å². The highest BCUT2D eigenvalue weighted by molar-refractivity contribution is 8.18. The normalized spacial score (nSPS) is 15.5. The number of amides is 1. The summed E-state index contributed by atoms with van der Waals surface area (Å²) >= 11 is 1.33. The number of carboxylic acids is 1. The molecule has 1 amide bonds. The van der Waals surface area contributed by atoms with E-state index in [0.29, 0.717) is 41.1 Å². The lowest BCUT2D eigenvalue weighted by molar-refractivity contribution is -0.139. The van der Waals surface area contributed by atoms with E-state index in [-0.39, 0.29) is 5.91 Å². The number of hydrogen-bond acceptors (Lipinski definition) is 6. The van der Waals surface area contributed by atoms with Gasteiger partial charge in [-0.25, -0.2) is 9.79 Å². The number of aliphatic carboxylic acids is 1. The number of aliphatic imine (C=N–C) groups is 1. The molecule has 3 aromatic rings. The van der Waals surface area contributed by atoms with Crippen LogP contribution in [-0.2, 0) is 16.0 Å². The molecule has 8 heteroatoms. The van der Waals surface area contributed by atoms with Gasteiger partial charge in [0.2, 0.25) is 0 Å². The van der Waals surface area contributed by atoms with E-state index >= 15 is 0 Å². The number of rotatable bonds is 10. The molecule has 3 aromatic carbocycles. The maximum absolute atomic E-state index is 13.4. The molecular formula is C28H26N2O5S. The second kappa shape index (κ2) is 12.1. The van der Waals surface area contributed by atoms with Crippen LogP contribution < -0.4 is 9.47 Å². The van der Waals surface area contributed by atoms with E-state index < -0.39 is 12.6 Å². The number of carbonyl (C=O) groups excluding carboxylic acids is 1. The summed E-state index contributed by atoms with van der Waals surface area (Å²) < 4.78 is 11.0. The van der Waals surface area contributed by atoms with E-state index in [1.165, 1.54) is 11.8 Å². The molecule has 1 N–H and O–H groups in total. The first-order valence-electron chi connectivity index (χ1n) is 11.5. The Morgan fingerprint density at radius 1 is 1.00 bits per heavy atom. The summed E-state index contributed by atoms with van der Waals surface area (Å²) in [4.78, 5) is 31.3. The Balaban J connectivity index is 1.61. The number of amidine groups is 1. The predicted octanol–water partition coefficient (Wildman–Crippen LogP) is 5.40. The summed E-state index contributed by atoms with van der Waals surface area (Å²) in [5.41, 5.74) is 2.66. The largest absolute Gasteiger partial charge is 0.490 e. The van der Waals surface area contributed by atoms with E-state index in [9.17, 15) is 9.59 Å². The highest BCUT2D eigenvalue weighted by Gasteiger charge is 2.33. The van der Waals surface area contributed by atoms with Crippen molar-refractivity contribution in [3.05, 3.63) is 94.9 Å². The molecular weight excluding hydrogens is 476 g/mol. The Morgan fingerprint density at radius 3 is 2.42 bits per heavy atom. The summed E-state index contributed by atoms with van der Waals surface area (Å²) in [6.07, 6.45) is 2.50. The number of para-hydroxylation sites is 1. The minimum Gasteiger partial charge on any atom is -0.490 e. The molecule has 36 heavy (non-hydrogen) atoms. The Morgan fingerprint density at radius 2 is 1.72 bits per heavy atom. The van der Waals surface area contributed by atoms with Crippen molar-refractivity contribution in [2.75, 3.05) is 19.8 Å². The van der Waals surface area contributed by atoms with Gasteiger partial charge in [0.25, 0.3) is 5.91 Å². The van der Waals surface area contributed by atoms with Crippen LogP contribution in [0.1, 0.15) is 18.1 Å². The summed E-state index contributed by atoms with van der Waals surface area (Å²) in [5.74, 6) is -0.433. The average Bonchev–Trinajstić information content (AvgIpc) is 3.17. The van der Waals surface area contributed by atoms with E-state index in [1.807, 2.05) is 67.6 Å². The van der Waals surface area contributed by atoms with Gasteiger partial charge in [-0.05, 0) is 66.6 Å². The average molecular weight is 503 g/mol. The van der Waals surface area contributed by atoms with Crippen LogP contribution in [0, 0.1) is 0 Å². The molecule has 1 saturated heterocycles. The molecule has 184 valence electrons. The van der Waals surface area contributed by atoms with Crippen LogP contribution in [0.25, 0.3) is 6.08 Å². The van der Waals surface area contributed by atoms with E-state index in [4.69, 9.17) is 19.6 Å². The van der Waals surface area contributed by atoms with Crippen molar-refractivity contribution in [3.63, 3.8) is 0 Å². The topological polar surface area (TPSA) is 88.4 Å². The summed E-state index contributed by atoms with van der Waals surface area (Å²) in [5, 5.41) is 9.53. The second-order valence-corrected chi connectivity index (χ2v) is 8.86. The Labute approximate surface area is 214 Å². The lowest BCUT2D eigenvalue weighted by Crippen LogP contribution is -2.31. The predicted molar refractivity (Wildman–Crippen MR) is 142 cm³/mol. The van der Waals surface area contributed by atoms with Crippen LogP contribution >= 0.6 is 11.8 Å². The van der Waals surface area contributed by atoms with Crippen LogP contribution in [0.15, 0.2) is 88.8 Å². The SMILES string of the molecule is CCOc1cc(/C=C2/SC(=Nc3ccccc3)N(CCc3ccccc3)C2=O)ccc1OCC(=O)O. The zero-order valence-corrected chi connectivity index (χ0v) is 20.6. The van der Waals surface area contributed by atoms with E-state index in [1.54, 1.807) is 29.2 Å².